The summed E-state index contributed by atoms with van der Waals surface area (Å²) < 4.78 is 10.4. The number of amides is 1. The average molecular weight is 341 g/mol. The van der Waals surface area contributed by atoms with E-state index in [0.717, 1.165) is 0 Å². The number of nitriles is 1. The number of hydrogen-bond acceptors (Lipinski definition) is 6. The summed E-state index contributed by atoms with van der Waals surface area (Å²) >= 11 is 0. The van der Waals surface area contributed by atoms with Crippen molar-refractivity contribution in [2.45, 2.75) is 13.0 Å². The lowest BCUT2D eigenvalue weighted by Gasteiger charge is -2.15. The van der Waals surface area contributed by atoms with Gasteiger partial charge in [-0.15, -0.1) is 0 Å². The Bertz CT molecular complexity index is 844. The Morgan fingerprint density at radius 3 is 2.72 bits per heavy atom. The zero-order valence-electron chi connectivity index (χ0n) is 13.6. The summed E-state index contributed by atoms with van der Waals surface area (Å²) in [5.74, 6) is -0.232. The van der Waals surface area contributed by atoms with Gasteiger partial charge in [0.05, 0.1) is 29.7 Å². The highest BCUT2D eigenvalue weighted by Gasteiger charge is 2.22. The number of methoxy groups -OCH3 is 1. The van der Waals surface area contributed by atoms with E-state index in [1.165, 1.54) is 38.3 Å². The number of nitrogens with zero attached hydrogens (tertiary/aromatic N) is 2. The van der Waals surface area contributed by atoms with Crippen LogP contribution in [-0.2, 0) is 4.79 Å². The number of nitrogens with one attached hydrogen (secondary N) is 1. The van der Waals surface area contributed by atoms with E-state index in [1.54, 1.807) is 18.2 Å². The molecule has 128 valence electrons. The van der Waals surface area contributed by atoms with Crippen molar-refractivity contribution >= 4 is 17.3 Å². The number of hydrogen-bond donors (Lipinski definition) is 1. The van der Waals surface area contributed by atoms with Crippen LogP contribution >= 0.6 is 0 Å². The molecule has 1 N–H and O–H groups in total. The van der Waals surface area contributed by atoms with Crippen LogP contribution in [0.25, 0.3) is 0 Å². The van der Waals surface area contributed by atoms with Gasteiger partial charge < -0.3 is 14.8 Å². The summed E-state index contributed by atoms with van der Waals surface area (Å²) in [5, 5.41) is 22.6. The number of benzene rings is 2. The summed E-state index contributed by atoms with van der Waals surface area (Å²) in [7, 11) is 1.39. The molecule has 0 heterocycles. The fraction of sp³-hybridized carbons (Fsp3) is 0.176. The molecule has 0 saturated carbocycles. The normalized spacial score (nSPS) is 11.1. The minimum atomic E-state index is -0.988. The van der Waals surface area contributed by atoms with Crippen molar-refractivity contribution in [3.8, 4) is 17.6 Å². The first kappa shape index (κ1) is 17.7. The lowest BCUT2D eigenvalue weighted by molar-refractivity contribution is -0.386. The maximum atomic E-state index is 12.2. The molecule has 0 aliphatic rings. The third-order valence-electron chi connectivity index (χ3n) is 3.29. The van der Waals surface area contributed by atoms with Crippen molar-refractivity contribution in [1.29, 1.82) is 5.26 Å². The lowest BCUT2D eigenvalue weighted by Crippen LogP contribution is -2.30. The van der Waals surface area contributed by atoms with Crippen molar-refractivity contribution < 1.29 is 19.2 Å². The van der Waals surface area contributed by atoms with Gasteiger partial charge in [-0.05, 0) is 37.3 Å². The van der Waals surface area contributed by atoms with Crippen molar-refractivity contribution in [3.63, 3.8) is 0 Å². The Labute approximate surface area is 143 Å². The summed E-state index contributed by atoms with van der Waals surface area (Å²) in [6.45, 7) is 1.47. The molecular weight excluding hydrogens is 326 g/mol. The molecule has 8 nitrogen and oxygen atoms in total. The predicted octanol–water partition coefficient (Wildman–Crippen LogP) is 2.88. The lowest BCUT2D eigenvalue weighted by atomic mass is 10.2. The van der Waals surface area contributed by atoms with Crippen LogP contribution in [0.5, 0.6) is 11.5 Å². The van der Waals surface area contributed by atoms with Crippen LogP contribution in [0, 0.1) is 21.4 Å². The smallest absolute Gasteiger partial charge is 0.314 e. The highest BCUT2D eigenvalue weighted by atomic mass is 16.6. The van der Waals surface area contributed by atoms with E-state index in [9.17, 15) is 14.9 Å². The molecule has 0 radical (unpaired) electrons. The number of anilines is 1. The van der Waals surface area contributed by atoms with Crippen molar-refractivity contribution in [2.24, 2.45) is 0 Å². The Hall–Kier alpha value is -3.60. The highest BCUT2D eigenvalue weighted by molar-refractivity contribution is 5.94. The standard InChI is InChI=1S/C17H15N3O5/c1-11(17(21)19-13-5-3-4-12(8-13)10-18)25-16-7-6-14(24-2)9-15(16)20(22)23/h3-9,11H,1-2H3,(H,19,21)/t11-/m0/s1. The first-order valence-corrected chi connectivity index (χ1v) is 7.24. The summed E-state index contributed by atoms with van der Waals surface area (Å²) in [4.78, 5) is 22.7. The first-order valence-electron chi connectivity index (χ1n) is 7.24. The quantitative estimate of drug-likeness (QED) is 0.638. The highest BCUT2D eigenvalue weighted by Crippen LogP contribution is 2.31. The Balaban J connectivity index is 2.13. The van der Waals surface area contributed by atoms with Gasteiger partial charge in [-0.3, -0.25) is 14.9 Å². The molecule has 0 aromatic heterocycles. The monoisotopic (exact) mass is 341 g/mol. The Morgan fingerprint density at radius 2 is 2.08 bits per heavy atom. The summed E-state index contributed by atoms with van der Waals surface area (Å²) in [5.41, 5.74) is 0.534. The molecule has 1 amide bonds. The number of nitro benzene ring substituents is 1. The third kappa shape index (κ3) is 4.45. The molecule has 2 aromatic carbocycles. The molecule has 0 bridgehead atoms. The van der Waals surface area contributed by atoms with Gasteiger partial charge in [0.25, 0.3) is 5.91 Å². The molecule has 2 rings (SSSR count). The number of ether oxygens (including phenoxy) is 2. The van der Waals surface area contributed by atoms with E-state index in [2.05, 4.69) is 5.32 Å². The second-order valence-electron chi connectivity index (χ2n) is 5.03. The fourth-order valence-corrected chi connectivity index (χ4v) is 2.02. The van der Waals surface area contributed by atoms with Gasteiger partial charge in [0, 0.05) is 5.69 Å². The van der Waals surface area contributed by atoms with E-state index in [1.807, 2.05) is 6.07 Å². The maximum absolute atomic E-state index is 12.2. The van der Waals surface area contributed by atoms with Crippen LogP contribution < -0.4 is 14.8 Å². The van der Waals surface area contributed by atoms with Crippen LogP contribution in [-0.4, -0.2) is 24.0 Å². The molecule has 0 unspecified atom stereocenters. The van der Waals surface area contributed by atoms with Gasteiger partial charge in [-0.1, -0.05) is 6.07 Å². The molecule has 8 heteroatoms. The molecule has 0 aliphatic carbocycles. The molecule has 0 fully saturated rings. The van der Waals surface area contributed by atoms with Gasteiger partial charge in [0.15, 0.2) is 11.9 Å². The molecule has 0 aliphatic heterocycles. The zero-order chi connectivity index (χ0) is 18.4. The Kier molecular flexibility index (Phi) is 5.53. The van der Waals surface area contributed by atoms with Crippen molar-refractivity contribution in [3.05, 3.63) is 58.1 Å². The predicted molar refractivity (Wildman–Crippen MR) is 89.5 cm³/mol. The van der Waals surface area contributed by atoms with E-state index >= 15 is 0 Å². The molecule has 0 saturated heterocycles. The Morgan fingerprint density at radius 1 is 1.32 bits per heavy atom. The van der Waals surface area contributed by atoms with E-state index in [0.29, 0.717) is 17.0 Å². The molecule has 2 aromatic rings. The van der Waals surface area contributed by atoms with Gasteiger partial charge in [0.2, 0.25) is 0 Å². The molecular formula is C17H15N3O5. The van der Waals surface area contributed by atoms with Crippen molar-refractivity contribution in [2.75, 3.05) is 12.4 Å². The summed E-state index contributed by atoms with van der Waals surface area (Å²) in [6, 6.07) is 12.4. The third-order valence-corrected chi connectivity index (χ3v) is 3.29. The van der Waals surface area contributed by atoms with Crippen LogP contribution in [0.4, 0.5) is 11.4 Å². The van der Waals surface area contributed by atoms with Gasteiger partial charge >= 0.3 is 5.69 Å². The number of rotatable bonds is 6. The van der Waals surface area contributed by atoms with E-state index < -0.39 is 16.9 Å². The molecule has 0 spiro atoms. The van der Waals surface area contributed by atoms with E-state index in [4.69, 9.17) is 14.7 Å². The second-order valence-corrected chi connectivity index (χ2v) is 5.03. The first-order chi connectivity index (χ1) is 11.9. The maximum Gasteiger partial charge on any atom is 0.314 e. The van der Waals surface area contributed by atoms with Crippen molar-refractivity contribution in [1.82, 2.24) is 0 Å². The molecule has 25 heavy (non-hydrogen) atoms. The van der Waals surface area contributed by atoms with Gasteiger partial charge in [-0.2, -0.15) is 5.26 Å². The number of carbonyl (C=O) groups excluding carboxylic acids is 1. The number of nitro groups is 1. The van der Waals surface area contributed by atoms with Crippen LogP contribution in [0.2, 0.25) is 0 Å². The zero-order valence-corrected chi connectivity index (χ0v) is 13.6. The fourth-order valence-electron chi connectivity index (χ4n) is 2.02. The van der Waals surface area contributed by atoms with Gasteiger partial charge in [0.1, 0.15) is 5.75 Å². The average Bonchev–Trinajstić information content (AvgIpc) is 2.61. The van der Waals surface area contributed by atoms with Crippen LogP contribution in [0.3, 0.4) is 0 Å². The van der Waals surface area contributed by atoms with Crippen LogP contribution in [0.1, 0.15) is 12.5 Å². The molecule has 1 atom stereocenters. The topological polar surface area (TPSA) is 114 Å². The minimum Gasteiger partial charge on any atom is -0.496 e. The van der Waals surface area contributed by atoms with Crippen LogP contribution in [0.15, 0.2) is 42.5 Å². The minimum absolute atomic E-state index is 0.0424. The largest absolute Gasteiger partial charge is 0.496 e. The second kappa shape index (κ2) is 7.79. The SMILES string of the molecule is COc1ccc(O[C@@H](C)C(=O)Nc2cccc(C#N)c2)c([N+](=O)[O-])c1. The summed E-state index contributed by atoms with van der Waals surface area (Å²) in [6.07, 6.45) is -0.988. The number of carbonyl (C=O) groups is 1. The van der Waals surface area contributed by atoms with E-state index in [-0.39, 0.29) is 11.4 Å². The van der Waals surface area contributed by atoms with Gasteiger partial charge in [-0.25, -0.2) is 0 Å².